The number of hydrogen-bond donors (Lipinski definition) is 3. The number of carbonyl (C=O) groups is 1. The van der Waals surface area contributed by atoms with Crippen LogP contribution in [0, 0.1) is 0 Å². The fraction of sp³-hybridized carbons (Fsp3) is 0.538. The quantitative estimate of drug-likeness (QED) is 0.539. The number of carbonyl (C=O) groups excluding carboxylic acids is 1. The number of rotatable bonds is 5. The molecule has 1 amide bonds. The number of hydrogen-bond acceptors (Lipinski definition) is 5. The summed E-state index contributed by atoms with van der Waals surface area (Å²) in [6, 6.07) is 1.88. The fourth-order valence-electron chi connectivity index (χ4n) is 2.62. The molecule has 0 aliphatic heterocycles. The Balaban J connectivity index is 2.22. The molecular formula is C13H20N4O2. The maximum Gasteiger partial charge on any atom is 0.257 e. The first-order valence-corrected chi connectivity index (χ1v) is 6.60. The molecule has 1 fully saturated rings. The zero-order valence-electron chi connectivity index (χ0n) is 10.9. The number of pyridine rings is 1. The minimum absolute atomic E-state index is 0.0338. The topological polar surface area (TPSA) is 91.5 Å². The van der Waals surface area contributed by atoms with Crippen molar-refractivity contribution in [3.8, 4) is 0 Å². The van der Waals surface area contributed by atoms with Gasteiger partial charge in [-0.2, -0.15) is 0 Å². The van der Waals surface area contributed by atoms with E-state index in [2.05, 4.69) is 10.4 Å². The number of aliphatic hydroxyl groups is 1. The van der Waals surface area contributed by atoms with E-state index < -0.39 is 0 Å². The molecule has 2 rings (SSSR count). The first-order valence-electron chi connectivity index (χ1n) is 6.60. The molecule has 0 atom stereocenters. The highest BCUT2D eigenvalue weighted by Crippen LogP contribution is 2.26. The molecule has 1 aliphatic rings. The molecular weight excluding hydrogens is 244 g/mol. The highest BCUT2D eigenvalue weighted by atomic mass is 16.3. The van der Waals surface area contributed by atoms with E-state index in [4.69, 9.17) is 10.9 Å². The van der Waals surface area contributed by atoms with Crippen LogP contribution in [-0.4, -0.2) is 40.1 Å². The summed E-state index contributed by atoms with van der Waals surface area (Å²) in [7, 11) is 0. The molecule has 6 nitrogen and oxygen atoms in total. The second kappa shape index (κ2) is 6.49. The molecule has 1 saturated carbocycles. The third-order valence-corrected chi connectivity index (χ3v) is 3.57. The van der Waals surface area contributed by atoms with Crippen molar-refractivity contribution in [3.05, 3.63) is 24.0 Å². The molecule has 104 valence electrons. The van der Waals surface area contributed by atoms with Gasteiger partial charge in [0.15, 0.2) is 0 Å². The summed E-state index contributed by atoms with van der Waals surface area (Å²) >= 11 is 0. The molecule has 1 heterocycles. The Morgan fingerprint density at radius 3 is 2.89 bits per heavy atom. The van der Waals surface area contributed by atoms with E-state index in [0.29, 0.717) is 17.8 Å². The molecule has 0 saturated heterocycles. The van der Waals surface area contributed by atoms with Crippen LogP contribution in [0.2, 0.25) is 0 Å². The van der Waals surface area contributed by atoms with Gasteiger partial charge in [-0.1, -0.05) is 12.8 Å². The molecule has 0 radical (unpaired) electrons. The lowest BCUT2D eigenvalue weighted by Crippen LogP contribution is -2.41. The summed E-state index contributed by atoms with van der Waals surface area (Å²) in [6.45, 7) is 0.316. The summed E-state index contributed by atoms with van der Waals surface area (Å²) in [4.78, 5) is 18.3. The number of hydrazine groups is 1. The van der Waals surface area contributed by atoms with Crippen molar-refractivity contribution in [3.63, 3.8) is 0 Å². The zero-order valence-corrected chi connectivity index (χ0v) is 10.9. The second-order valence-corrected chi connectivity index (χ2v) is 4.73. The van der Waals surface area contributed by atoms with Gasteiger partial charge >= 0.3 is 0 Å². The van der Waals surface area contributed by atoms with Crippen molar-refractivity contribution < 1.29 is 9.90 Å². The third-order valence-electron chi connectivity index (χ3n) is 3.57. The average Bonchev–Trinajstić information content (AvgIpc) is 2.98. The van der Waals surface area contributed by atoms with Crippen LogP contribution in [0.1, 0.15) is 36.0 Å². The predicted molar refractivity (Wildman–Crippen MR) is 72.4 cm³/mol. The van der Waals surface area contributed by atoms with Crippen LogP contribution in [0.5, 0.6) is 0 Å². The van der Waals surface area contributed by atoms with Gasteiger partial charge in [0.05, 0.1) is 17.9 Å². The minimum Gasteiger partial charge on any atom is -0.395 e. The van der Waals surface area contributed by atoms with E-state index in [1.807, 2.05) is 0 Å². The minimum atomic E-state index is -0.123. The van der Waals surface area contributed by atoms with Crippen molar-refractivity contribution >= 4 is 11.6 Å². The Morgan fingerprint density at radius 2 is 2.26 bits per heavy atom. The van der Waals surface area contributed by atoms with Crippen molar-refractivity contribution in [2.45, 2.75) is 31.7 Å². The van der Waals surface area contributed by atoms with Gasteiger partial charge in [-0.3, -0.25) is 15.6 Å². The molecule has 1 aromatic heterocycles. The van der Waals surface area contributed by atoms with E-state index in [-0.39, 0.29) is 18.6 Å². The van der Waals surface area contributed by atoms with Crippen LogP contribution in [0.25, 0.3) is 0 Å². The largest absolute Gasteiger partial charge is 0.395 e. The SMILES string of the molecule is NNc1ccncc1C(=O)N(CCO)C1CCCC1. The lowest BCUT2D eigenvalue weighted by Gasteiger charge is -2.28. The van der Waals surface area contributed by atoms with E-state index in [9.17, 15) is 4.79 Å². The second-order valence-electron chi connectivity index (χ2n) is 4.73. The molecule has 0 bridgehead atoms. The molecule has 0 spiro atoms. The highest BCUT2D eigenvalue weighted by molar-refractivity contribution is 5.99. The Morgan fingerprint density at radius 1 is 1.53 bits per heavy atom. The van der Waals surface area contributed by atoms with Gasteiger partial charge in [-0.05, 0) is 18.9 Å². The molecule has 1 aliphatic carbocycles. The summed E-state index contributed by atoms with van der Waals surface area (Å²) in [5.74, 6) is 5.29. The van der Waals surface area contributed by atoms with E-state index in [0.717, 1.165) is 25.7 Å². The van der Waals surface area contributed by atoms with Crippen LogP contribution in [0.15, 0.2) is 18.5 Å². The average molecular weight is 264 g/mol. The number of nitrogens with two attached hydrogens (primary N) is 1. The number of aromatic nitrogens is 1. The lowest BCUT2D eigenvalue weighted by atomic mass is 10.1. The monoisotopic (exact) mass is 264 g/mol. The van der Waals surface area contributed by atoms with Gasteiger partial charge in [0.1, 0.15) is 0 Å². The first-order chi connectivity index (χ1) is 9.27. The van der Waals surface area contributed by atoms with Crippen LogP contribution in [0.3, 0.4) is 0 Å². The molecule has 0 unspecified atom stereocenters. The van der Waals surface area contributed by atoms with Gasteiger partial charge in [0.2, 0.25) is 0 Å². The van der Waals surface area contributed by atoms with Gasteiger partial charge in [0, 0.05) is 25.0 Å². The van der Waals surface area contributed by atoms with Crippen molar-refractivity contribution in [2.24, 2.45) is 5.84 Å². The Labute approximate surface area is 112 Å². The number of aliphatic hydroxyl groups excluding tert-OH is 1. The molecule has 0 aromatic carbocycles. The number of nitrogen functional groups attached to an aromatic ring is 1. The van der Waals surface area contributed by atoms with Crippen LogP contribution in [-0.2, 0) is 0 Å². The number of amides is 1. The molecule has 19 heavy (non-hydrogen) atoms. The summed E-state index contributed by atoms with van der Waals surface area (Å²) in [5, 5.41) is 9.17. The lowest BCUT2D eigenvalue weighted by molar-refractivity contribution is 0.0638. The van der Waals surface area contributed by atoms with Crippen molar-refractivity contribution in [2.75, 3.05) is 18.6 Å². The Bertz CT molecular complexity index is 432. The smallest absolute Gasteiger partial charge is 0.257 e. The van der Waals surface area contributed by atoms with Crippen LogP contribution >= 0.6 is 0 Å². The van der Waals surface area contributed by atoms with Gasteiger partial charge in [0.25, 0.3) is 5.91 Å². The first kappa shape index (κ1) is 13.8. The summed E-state index contributed by atoms with van der Waals surface area (Å²) < 4.78 is 0. The Kier molecular flexibility index (Phi) is 4.70. The van der Waals surface area contributed by atoms with E-state index in [1.54, 1.807) is 17.2 Å². The standard InChI is InChI=1S/C13H20N4O2/c14-16-12-5-6-15-9-11(12)13(19)17(7-8-18)10-3-1-2-4-10/h5-6,9-10,18H,1-4,7-8,14H2,(H,15,16). The molecule has 6 heteroatoms. The third kappa shape index (κ3) is 3.02. The van der Waals surface area contributed by atoms with Crippen molar-refractivity contribution in [1.29, 1.82) is 0 Å². The zero-order chi connectivity index (χ0) is 13.7. The molecule has 1 aromatic rings. The van der Waals surface area contributed by atoms with Crippen molar-refractivity contribution in [1.82, 2.24) is 9.88 Å². The summed E-state index contributed by atoms with van der Waals surface area (Å²) in [6.07, 6.45) is 7.35. The molecule has 4 N–H and O–H groups in total. The fourth-order valence-corrected chi connectivity index (χ4v) is 2.62. The van der Waals surface area contributed by atoms with E-state index >= 15 is 0 Å². The maximum absolute atomic E-state index is 12.6. The highest BCUT2D eigenvalue weighted by Gasteiger charge is 2.28. The number of anilines is 1. The number of nitrogens with one attached hydrogen (secondary N) is 1. The number of nitrogens with zero attached hydrogens (tertiary/aromatic N) is 2. The summed E-state index contributed by atoms with van der Waals surface area (Å²) in [5.41, 5.74) is 3.52. The van der Waals surface area contributed by atoms with Gasteiger partial charge < -0.3 is 15.4 Å². The Hall–Kier alpha value is -1.66. The van der Waals surface area contributed by atoms with E-state index in [1.165, 1.54) is 6.20 Å². The normalized spacial score (nSPS) is 15.5. The maximum atomic E-state index is 12.6. The van der Waals surface area contributed by atoms with Gasteiger partial charge in [-0.25, -0.2) is 0 Å². The van der Waals surface area contributed by atoms with Crippen LogP contribution in [0.4, 0.5) is 5.69 Å². The van der Waals surface area contributed by atoms with Crippen LogP contribution < -0.4 is 11.3 Å². The predicted octanol–water partition coefficient (Wildman–Crippen LogP) is 0.744. The van der Waals surface area contributed by atoms with Gasteiger partial charge in [-0.15, -0.1) is 0 Å².